The molecule has 2 saturated heterocycles. The van der Waals surface area contributed by atoms with Crippen LogP contribution in [0.15, 0.2) is 18.5 Å². The maximum atomic E-state index is 13.0. The molecule has 3 heterocycles. The Hall–Kier alpha value is -1.83. The molecule has 1 N–H and O–H groups in total. The molecule has 2 aliphatic rings. The molecule has 2 unspecified atom stereocenters. The zero-order chi connectivity index (χ0) is 20.0. The Morgan fingerprint density at radius 3 is 2.33 bits per heavy atom. The van der Waals surface area contributed by atoms with Gasteiger partial charge in [0.15, 0.2) is 0 Å². The summed E-state index contributed by atoms with van der Waals surface area (Å²) in [4.78, 5) is 18.0. The summed E-state index contributed by atoms with van der Waals surface area (Å²) < 4.78 is 44.6. The van der Waals surface area contributed by atoms with Crippen molar-refractivity contribution >= 4 is 6.09 Å². The Balaban J connectivity index is 1.86. The molecular formula is C19H25F3N2O3. The van der Waals surface area contributed by atoms with Crippen molar-refractivity contribution in [1.82, 2.24) is 9.88 Å². The van der Waals surface area contributed by atoms with Crippen LogP contribution in [0.5, 0.6) is 0 Å². The van der Waals surface area contributed by atoms with Gasteiger partial charge in [-0.1, -0.05) is 0 Å². The Morgan fingerprint density at radius 1 is 1.22 bits per heavy atom. The number of ether oxygens (including phenoxy) is 1. The number of piperidine rings is 2. The summed E-state index contributed by atoms with van der Waals surface area (Å²) in [7, 11) is 0. The van der Waals surface area contributed by atoms with Crippen LogP contribution in [0.25, 0.3) is 0 Å². The standard InChI is InChI=1S/C19H25F3N2O3/c1-17(2,3)27-16(25)24-14-5-4-6-15(24)9-18(26,8-14)12-7-13(11-23-10-12)19(20,21)22/h7,10-11,14-15,26H,4-6,8-9H2,1-3H3. The fraction of sp³-hybridized carbons (Fsp3) is 0.684. The van der Waals surface area contributed by atoms with Crippen LogP contribution in [-0.2, 0) is 16.5 Å². The molecule has 3 rings (SSSR count). The third-order valence-corrected chi connectivity index (χ3v) is 5.22. The van der Waals surface area contributed by atoms with Gasteiger partial charge >= 0.3 is 12.3 Å². The number of carbonyl (C=O) groups is 1. The summed E-state index contributed by atoms with van der Waals surface area (Å²) in [6.45, 7) is 5.36. The summed E-state index contributed by atoms with van der Waals surface area (Å²) in [6.07, 6.45) is -0.288. The third kappa shape index (κ3) is 4.20. The lowest BCUT2D eigenvalue weighted by molar-refractivity contribution is -0.138. The molecule has 0 aromatic carbocycles. The molecule has 2 fully saturated rings. The van der Waals surface area contributed by atoms with E-state index in [1.54, 1.807) is 25.7 Å². The largest absolute Gasteiger partial charge is 0.444 e. The first-order chi connectivity index (χ1) is 12.4. The van der Waals surface area contributed by atoms with E-state index in [9.17, 15) is 23.1 Å². The van der Waals surface area contributed by atoms with Gasteiger partial charge in [0.2, 0.25) is 0 Å². The zero-order valence-electron chi connectivity index (χ0n) is 15.7. The van der Waals surface area contributed by atoms with Gasteiger partial charge in [0.25, 0.3) is 0 Å². The second-order valence-electron chi connectivity index (χ2n) is 8.53. The Morgan fingerprint density at radius 2 is 1.81 bits per heavy atom. The van der Waals surface area contributed by atoms with Gasteiger partial charge in [-0.05, 0) is 46.1 Å². The van der Waals surface area contributed by atoms with Crippen LogP contribution in [0.4, 0.5) is 18.0 Å². The van der Waals surface area contributed by atoms with Crippen molar-refractivity contribution < 1.29 is 27.8 Å². The summed E-state index contributed by atoms with van der Waals surface area (Å²) >= 11 is 0. The molecule has 2 bridgehead atoms. The van der Waals surface area contributed by atoms with Crippen molar-refractivity contribution in [1.29, 1.82) is 0 Å². The van der Waals surface area contributed by atoms with Crippen LogP contribution in [0.2, 0.25) is 0 Å². The van der Waals surface area contributed by atoms with Crippen LogP contribution >= 0.6 is 0 Å². The minimum Gasteiger partial charge on any atom is -0.444 e. The van der Waals surface area contributed by atoms with E-state index in [-0.39, 0.29) is 30.5 Å². The molecule has 1 aromatic heterocycles. The lowest BCUT2D eigenvalue weighted by Crippen LogP contribution is -2.59. The van der Waals surface area contributed by atoms with Crippen LogP contribution in [-0.4, -0.2) is 38.8 Å². The Labute approximate surface area is 156 Å². The van der Waals surface area contributed by atoms with E-state index >= 15 is 0 Å². The number of hydrogen-bond acceptors (Lipinski definition) is 4. The number of amides is 1. The van der Waals surface area contributed by atoms with E-state index < -0.39 is 29.0 Å². The van der Waals surface area contributed by atoms with Crippen LogP contribution in [0, 0.1) is 0 Å². The number of nitrogens with zero attached hydrogens (tertiary/aromatic N) is 2. The van der Waals surface area contributed by atoms with Gasteiger partial charge in [-0.2, -0.15) is 13.2 Å². The third-order valence-electron chi connectivity index (χ3n) is 5.22. The van der Waals surface area contributed by atoms with E-state index in [0.717, 1.165) is 18.7 Å². The monoisotopic (exact) mass is 386 g/mol. The minimum atomic E-state index is -4.52. The molecule has 5 nitrogen and oxygen atoms in total. The fourth-order valence-corrected chi connectivity index (χ4v) is 4.13. The maximum absolute atomic E-state index is 13.0. The van der Waals surface area contributed by atoms with Gasteiger partial charge in [-0.15, -0.1) is 0 Å². The number of aromatic nitrogens is 1. The van der Waals surface area contributed by atoms with Gasteiger partial charge in [0.05, 0.1) is 11.2 Å². The molecule has 1 amide bonds. The normalized spacial score (nSPS) is 28.8. The average Bonchev–Trinajstić information content (AvgIpc) is 2.51. The van der Waals surface area contributed by atoms with Gasteiger partial charge in [-0.25, -0.2) is 4.79 Å². The quantitative estimate of drug-likeness (QED) is 0.784. The lowest BCUT2D eigenvalue weighted by Gasteiger charge is -2.51. The zero-order valence-corrected chi connectivity index (χ0v) is 15.7. The molecule has 1 aromatic rings. The lowest BCUT2D eigenvalue weighted by atomic mass is 9.73. The van der Waals surface area contributed by atoms with Gasteiger partial charge in [0.1, 0.15) is 5.60 Å². The van der Waals surface area contributed by atoms with E-state index in [0.29, 0.717) is 12.8 Å². The number of fused-ring (bicyclic) bond motifs is 2. The summed E-state index contributed by atoms with van der Waals surface area (Å²) in [5, 5.41) is 11.2. The summed E-state index contributed by atoms with van der Waals surface area (Å²) in [6, 6.07) is 0.421. The molecular weight excluding hydrogens is 361 g/mol. The van der Waals surface area contributed by atoms with Crippen LogP contribution < -0.4 is 0 Å². The highest BCUT2D eigenvalue weighted by Gasteiger charge is 2.49. The first-order valence-electron chi connectivity index (χ1n) is 9.15. The van der Waals surface area contributed by atoms with E-state index in [2.05, 4.69) is 4.98 Å². The fourth-order valence-electron chi connectivity index (χ4n) is 4.13. The van der Waals surface area contributed by atoms with E-state index in [1.165, 1.54) is 6.20 Å². The first-order valence-corrected chi connectivity index (χ1v) is 9.15. The second-order valence-corrected chi connectivity index (χ2v) is 8.53. The molecule has 0 spiro atoms. The Kier molecular flexibility index (Phi) is 4.91. The highest BCUT2D eigenvalue weighted by molar-refractivity contribution is 5.69. The number of hydrogen-bond donors (Lipinski definition) is 1. The highest BCUT2D eigenvalue weighted by Crippen LogP contribution is 2.45. The van der Waals surface area contributed by atoms with Gasteiger partial charge < -0.3 is 14.7 Å². The molecule has 8 heteroatoms. The van der Waals surface area contributed by atoms with Crippen molar-refractivity contribution in [2.75, 3.05) is 0 Å². The number of rotatable bonds is 1. The van der Waals surface area contributed by atoms with Gasteiger partial charge in [0, 0.05) is 42.9 Å². The van der Waals surface area contributed by atoms with Crippen LogP contribution in [0.3, 0.4) is 0 Å². The molecule has 2 aliphatic heterocycles. The summed E-state index contributed by atoms with van der Waals surface area (Å²) in [5.74, 6) is 0. The van der Waals surface area contributed by atoms with Crippen LogP contribution in [0.1, 0.15) is 64.0 Å². The number of pyridine rings is 1. The van der Waals surface area contributed by atoms with E-state index in [1.807, 2.05) is 0 Å². The molecule has 0 saturated carbocycles. The van der Waals surface area contributed by atoms with Crippen molar-refractivity contribution in [2.24, 2.45) is 0 Å². The minimum absolute atomic E-state index is 0.151. The van der Waals surface area contributed by atoms with Crippen molar-refractivity contribution in [3.8, 4) is 0 Å². The number of alkyl halides is 3. The van der Waals surface area contributed by atoms with Crippen molar-refractivity contribution in [3.63, 3.8) is 0 Å². The molecule has 2 atom stereocenters. The SMILES string of the molecule is CC(C)(C)OC(=O)N1C2CCCC1CC(O)(c1cncc(C(F)(F)F)c1)C2. The average molecular weight is 386 g/mol. The van der Waals surface area contributed by atoms with Crippen molar-refractivity contribution in [3.05, 3.63) is 29.6 Å². The number of halogens is 3. The smallest absolute Gasteiger partial charge is 0.417 e. The predicted octanol–water partition coefficient (Wildman–Crippen LogP) is 4.24. The second kappa shape index (κ2) is 6.65. The first kappa shape index (κ1) is 19.9. The number of aliphatic hydroxyl groups is 1. The maximum Gasteiger partial charge on any atom is 0.417 e. The van der Waals surface area contributed by atoms with E-state index in [4.69, 9.17) is 4.74 Å². The molecule has 150 valence electrons. The predicted molar refractivity (Wildman–Crippen MR) is 91.9 cm³/mol. The molecule has 0 radical (unpaired) electrons. The van der Waals surface area contributed by atoms with Crippen molar-refractivity contribution in [2.45, 2.75) is 82.3 Å². The summed E-state index contributed by atoms with van der Waals surface area (Å²) in [5.41, 5.74) is -2.81. The molecule has 27 heavy (non-hydrogen) atoms. The molecule has 0 aliphatic carbocycles. The topological polar surface area (TPSA) is 62.7 Å². The Bertz CT molecular complexity index is 701. The highest BCUT2D eigenvalue weighted by atomic mass is 19.4. The van der Waals surface area contributed by atoms with Gasteiger partial charge in [-0.3, -0.25) is 4.98 Å². The number of carbonyl (C=O) groups excluding carboxylic acids is 1.